The Bertz CT molecular complexity index is 529. The molecule has 0 aliphatic carbocycles. The van der Waals surface area contributed by atoms with Crippen LogP contribution in [0.15, 0.2) is 29.2 Å². The van der Waals surface area contributed by atoms with E-state index in [9.17, 15) is 8.42 Å². The summed E-state index contributed by atoms with van der Waals surface area (Å²) < 4.78 is 29.6. The summed E-state index contributed by atoms with van der Waals surface area (Å²) in [5.41, 5.74) is 0.956. The van der Waals surface area contributed by atoms with Gasteiger partial charge in [0.1, 0.15) is 0 Å². The zero-order valence-corrected chi connectivity index (χ0v) is 13.2. The van der Waals surface area contributed by atoms with Crippen LogP contribution in [0.25, 0.3) is 0 Å². The molecule has 1 aromatic carbocycles. The van der Waals surface area contributed by atoms with Crippen molar-refractivity contribution < 1.29 is 13.0 Å². The van der Waals surface area contributed by atoms with E-state index >= 15 is 0 Å². The van der Waals surface area contributed by atoms with Crippen molar-refractivity contribution in [2.45, 2.75) is 44.6 Å². The first kappa shape index (κ1) is 18.4. The first-order valence-electron chi connectivity index (χ1n) is 6.42. The van der Waals surface area contributed by atoms with Crippen molar-refractivity contribution in [3.8, 4) is 6.19 Å². The average molecular weight is 298 g/mol. The molecule has 0 atom stereocenters. The monoisotopic (exact) mass is 298 g/mol. The summed E-state index contributed by atoms with van der Waals surface area (Å²) in [6, 6.07) is 6.43. The molecule has 20 heavy (non-hydrogen) atoms. The van der Waals surface area contributed by atoms with Crippen LogP contribution >= 0.6 is 0 Å². The van der Waals surface area contributed by atoms with Crippen LogP contribution in [0.4, 0.5) is 0 Å². The summed E-state index contributed by atoms with van der Waals surface area (Å²) in [6.07, 6.45) is 4.21. The summed E-state index contributed by atoms with van der Waals surface area (Å²) in [4.78, 5) is 1.64. The molecule has 6 heteroatoms. The maximum absolute atomic E-state index is 10.5. The fourth-order valence-electron chi connectivity index (χ4n) is 1.63. The van der Waals surface area contributed by atoms with Gasteiger partial charge in [0.2, 0.25) is 0 Å². The maximum atomic E-state index is 10.5. The van der Waals surface area contributed by atoms with Gasteiger partial charge in [-0.2, -0.15) is 13.7 Å². The molecule has 0 fully saturated rings. The average Bonchev–Trinajstić information content (AvgIpc) is 2.40. The van der Waals surface area contributed by atoms with E-state index < -0.39 is 10.1 Å². The van der Waals surface area contributed by atoms with Gasteiger partial charge in [-0.3, -0.25) is 4.55 Å². The molecule has 0 unspecified atom stereocenters. The molecule has 0 amide bonds. The van der Waals surface area contributed by atoms with Crippen LogP contribution in [0.3, 0.4) is 0 Å². The lowest BCUT2D eigenvalue weighted by Gasteiger charge is -2.19. The van der Waals surface area contributed by atoms with E-state index in [1.165, 1.54) is 12.1 Å². The molecule has 0 spiro atoms. The first-order chi connectivity index (χ1) is 9.26. The fraction of sp³-hybridized carbons (Fsp3) is 0.500. The van der Waals surface area contributed by atoms with Crippen LogP contribution in [-0.2, 0) is 10.1 Å². The number of aryl methyl sites for hydroxylation is 1. The first-order valence-corrected chi connectivity index (χ1v) is 7.86. The molecule has 0 bridgehead atoms. The summed E-state index contributed by atoms with van der Waals surface area (Å²) in [7, 11) is -2.19. The number of nitriles is 1. The van der Waals surface area contributed by atoms with Crippen molar-refractivity contribution in [3.63, 3.8) is 0 Å². The second-order valence-corrected chi connectivity index (χ2v) is 5.89. The maximum Gasteiger partial charge on any atom is 0.294 e. The molecule has 0 aliphatic heterocycles. The summed E-state index contributed by atoms with van der Waals surface area (Å²) in [5.74, 6) is 0. The third kappa shape index (κ3) is 6.55. The Hall–Kier alpha value is -1.58. The molecule has 112 valence electrons. The lowest BCUT2D eigenvalue weighted by molar-refractivity contribution is 0.325. The van der Waals surface area contributed by atoms with E-state index in [4.69, 9.17) is 9.81 Å². The predicted molar refractivity (Wildman–Crippen MR) is 78.7 cm³/mol. The third-order valence-corrected chi connectivity index (χ3v) is 3.83. The van der Waals surface area contributed by atoms with Crippen LogP contribution in [0.1, 0.15) is 32.3 Å². The van der Waals surface area contributed by atoms with E-state index in [1.807, 2.05) is 14.0 Å². The Morgan fingerprint density at radius 1 is 1.25 bits per heavy atom. The summed E-state index contributed by atoms with van der Waals surface area (Å²) >= 11 is 0. The molecule has 1 N–H and O–H groups in total. The van der Waals surface area contributed by atoms with Gasteiger partial charge in [-0.25, -0.2) is 0 Å². The van der Waals surface area contributed by atoms with Gasteiger partial charge >= 0.3 is 0 Å². The minimum atomic E-state index is -4.02. The summed E-state index contributed by atoms with van der Waals surface area (Å²) in [6.45, 7) is 6.04. The Balaban J connectivity index is 0.000000370. The van der Waals surface area contributed by atoms with Crippen molar-refractivity contribution in [1.82, 2.24) is 4.90 Å². The quantitative estimate of drug-likeness (QED) is 0.525. The van der Waals surface area contributed by atoms with Crippen molar-refractivity contribution in [1.29, 1.82) is 5.26 Å². The molecule has 1 aromatic rings. The van der Waals surface area contributed by atoms with Crippen molar-refractivity contribution in [3.05, 3.63) is 29.8 Å². The third-order valence-electron chi connectivity index (χ3n) is 2.97. The van der Waals surface area contributed by atoms with E-state index in [0.29, 0.717) is 6.04 Å². The Kier molecular flexibility index (Phi) is 7.89. The largest absolute Gasteiger partial charge is 0.311 e. The zero-order chi connectivity index (χ0) is 15.8. The molecule has 1 rings (SSSR count). The fourth-order valence-corrected chi connectivity index (χ4v) is 2.11. The Labute approximate surface area is 121 Å². The molecule has 5 nitrogen and oxygen atoms in total. The van der Waals surface area contributed by atoms with Crippen LogP contribution < -0.4 is 0 Å². The topological polar surface area (TPSA) is 81.4 Å². The van der Waals surface area contributed by atoms with Gasteiger partial charge < -0.3 is 4.90 Å². The lowest BCUT2D eigenvalue weighted by atomic mass is 10.1. The molecule has 0 heterocycles. The minimum Gasteiger partial charge on any atom is -0.311 e. The highest BCUT2D eigenvalue weighted by Gasteiger charge is 2.07. The van der Waals surface area contributed by atoms with Crippen LogP contribution in [0.5, 0.6) is 0 Å². The second kappa shape index (κ2) is 8.56. The highest BCUT2D eigenvalue weighted by Crippen LogP contribution is 2.08. The number of hydrogen-bond acceptors (Lipinski definition) is 4. The normalized spacial score (nSPS) is 10.4. The van der Waals surface area contributed by atoms with Crippen LogP contribution in [-0.4, -0.2) is 31.0 Å². The van der Waals surface area contributed by atoms with Crippen molar-refractivity contribution >= 4 is 10.1 Å². The SMILES string of the molecule is CCC(CC)N(C)C#N.Cc1ccc(S(=O)(=O)O)cc1. The lowest BCUT2D eigenvalue weighted by Crippen LogP contribution is -2.25. The molecular formula is C14H22N2O3S. The van der Waals surface area contributed by atoms with E-state index in [-0.39, 0.29) is 4.90 Å². The standard InChI is InChI=1S/C7H14N2.C7H8O3S/c1-4-7(5-2)9(3)6-8;1-6-2-4-7(5-3-6)11(8,9)10/h7H,4-5H2,1-3H3;2-5H,1H3,(H,8,9,10). The number of benzene rings is 1. The smallest absolute Gasteiger partial charge is 0.294 e. The number of hydrogen-bond donors (Lipinski definition) is 1. The second-order valence-electron chi connectivity index (χ2n) is 4.47. The zero-order valence-electron chi connectivity index (χ0n) is 12.4. The van der Waals surface area contributed by atoms with Crippen LogP contribution in [0.2, 0.25) is 0 Å². The van der Waals surface area contributed by atoms with Crippen LogP contribution in [0, 0.1) is 18.4 Å². The number of nitrogens with zero attached hydrogens (tertiary/aromatic N) is 2. The number of rotatable bonds is 4. The van der Waals surface area contributed by atoms with Gasteiger partial charge in [-0.15, -0.1) is 0 Å². The molecular weight excluding hydrogens is 276 g/mol. The molecule has 0 saturated heterocycles. The van der Waals surface area contributed by atoms with E-state index in [1.54, 1.807) is 17.0 Å². The molecule has 0 aromatic heterocycles. The highest BCUT2D eigenvalue weighted by atomic mass is 32.2. The van der Waals surface area contributed by atoms with Gasteiger partial charge in [-0.05, 0) is 31.9 Å². The highest BCUT2D eigenvalue weighted by molar-refractivity contribution is 7.85. The molecule has 0 saturated carbocycles. The van der Waals surface area contributed by atoms with Gasteiger partial charge in [0.15, 0.2) is 6.19 Å². The van der Waals surface area contributed by atoms with Crippen molar-refractivity contribution in [2.24, 2.45) is 0 Å². The van der Waals surface area contributed by atoms with Gasteiger partial charge in [-0.1, -0.05) is 31.5 Å². The Morgan fingerprint density at radius 2 is 1.70 bits per heavy atom. The van der Waals surface area contributed by atoms with Gasteiger partial charge in [0, 0.05) is 13.1 Å². The molecule has 0 aliphatic rings. The predicted octanol–water partition coefficient (Wildman–Crippen LogP) is 2.83. The minimum absolute atomic E-state index is 0.0666. The summed E-state index contributed by atoms with van der Waals surface area (Å²) in [5, 5.41) is 8.44. The van der Waals surface area contributed by atoms with E-state index in [2.05, 4.69) is 20.0 Å². The Morgan fingerprint density at radius 3 is 1.95 bits per heavy atom. The van der Waals surface area contributed by atoms with Gasteiger partial charge in [0.05, 0.1) is 4.90 Å². The van der Waals surface area contributed by atoms with Gasteiger partial charge in [0.25, 0.3) is 10.1 Å². The van der Waals surface area contributed by atoms with Crippen molar-refractivity contribution in [2.75, 3.05) is 7.05 Å². The van der Waals surface area contributed by atoms with E-state index in [0.717, 1.165) is 18.4 Å². The molecule has 0 radical (unpaired) electrons.